The number of benzene rings is 2. The summed E-state index contributed by atoms with van der Waals surface area (Å²) in [5.74, 6) is -0.474. The fourth-order valence-corrected chi connectivity index (χ4v) is 3.70. The number of nitrogens with zero attached hydrogens (tertiary/aromatic N) is 2. The molecule has 2 aromatic carbocycles. The number of nitrogens with one attached hydrogen (secondary N) is 3. The number of hydrogen-bond donors (Lipinski definition) is 3. The van der Waals surface area contributed by atoms with Gasteiger partial charge in [0.25, 0.3) is 5.56 Å². The lowest BCUT2D eigenvalue weighted by atomic mass is 10.1. The molecule has 3 N–H and O–H groups in total. The summed E-state index contributed by atoms with van der Waals surface area (Å²) < 4.78 is 1.30. The molecule has 8 heteroatoms. The van der Waals surface area contributed by atoms with Crippen LogP contribution in [0, 0.1) is 0 Å². The highest BCUT2D eigenvalue weighted by atomic mass is 16.2. The Morgan fingerprint density at radius 1 is 1.03 bits per heavy atom. The van der Waals surface area contributed by atoms with E-state index in [1.807, 2.05) is 24.4 Å². The minimum atomic E-state index is -0.732. The lowest BCUT2D eigenvalue weighted by Gasteiger charge is -2.15. The number of fused-ring (bicyclic) bond motifs is 2. The maximum absolute atomic E-state index is 12.6. The van der Waals surface area contributed by atoms with E-state index in [1.54, 1.807) is 31.2 Å². The lowest BCUT2D eigenvalue weighted by Crippen LogP contribution is -2.38. The van der Waals surface area contributed by atoms with E-state index in [4.69, 9.17) is 0 Å². The van der Waals surface area contributed by atoms with Crippen LogP contribution in [0.5, 0.6) is 0 Å². The molecule has 1 atom stereocenters. The standard InChI is InChI=1S/C24H25N5O3/c1-16(29-15-28-21-9-5-3-7-19(21)24(29)32)23(31)26-13-11-22(30)25-12-10-17-14-27-20-8-4-2-6-18(17)20/h2-9,14-16,27H,10-13H2,1H3,(H,25,30)(H,26,31). The molecule has 32 heavy (non-hydrogen) atoms. The van der Waals surface area contributed by atoms with Gasteiger partial charge in [0.1, 0.15) is 6.04 Å². The summed E-state index contributed by atoms with van der Waals surface area (Å²) in [5.41, 5.74) is 2.54. The fourth-order valence-electron chi connectivity index (χ4n) is 3.70. The molecular weight excluding hydrogens is 406 g/mol. The van der Waals surface area contributed by atoms with Crippen LogP contribution in [0.15, 0.2) is 65.8 Å². The zero-order valence-electron chi connectivity index (χ0n) is 17.8. The summed E-state index contributed by atoms with van der Waals surface area (Å²) in [6.07, 6.45) is 4.22. The molecule has 0 aliphatic rings. The third kappa shape index (κ3) is 4.54. The van der Waals surface area contributed by atoms with E-state index in [0.29, 0.717) is 17.4 Å². The average Bonchev–Trinajstić information content (AvgIpc) is 3.22. The first-order chi connectivity index (χ1) is 15.5. The summed E-state index contributed by atoms with van der Waals surface area (Å²) in [6.45, 7) is 2.34. The van der Waals surface area contributed by atoms with Crippen LogP contribution >= 0.6 is 0 Å². The van der Waals surface area contributed by atoms with Crippen molar-refractivity contribution in [2.75, 3.05) is 13.1 Å². The molecule has 0 bridgehead atoms. The Hall–Kier alpha value is -3.94. The minimum absolute atomic E-state index is 0.137. The number of amides is 2. The second-order valence-electron chi connectivity index (χ2n) is 7.65. The minimum Gasteiger partial charge on any atom is -0.361 e. The first kappa shape index (κ1) is 21.3. The second-order valence-corrected chi connectivity index (χ2v) is 7.65. The molecule has 0 fully saturated rings. The Bertz CT molecular complexity index is 1320. The van der Waals surface area contributed by atoms with Crippen molar-refractivity contribution in [1.29, 1.82) is 0 Å². The number of carbonyl (C=O) groups excluding carboxylic acids is 2. The summed E-state index contributed by atoms with van der Waals surface area (Å²) in [7, 11) is 0. The van der Waals surface area contributed by atoms with E-state index < -0.39 is 6.04 Å². The van der Waals surface area contributed by atoms with Gasteiger partial charge >= 0.3 is 0 Å². The Morgan fingerprint density at radius 2 is 1.78 bits per heavy atom. The van der Waals surface area contributed by atoms with E-state index >= 15 is 0 Å². The van der Waals surface area contributed by atoms with E-state index in [2.05, 4.69) is 26.7 Å². The van der Waals surface area contributed by atoms with Crippen molar-refractivity contribution in [2.45, 2.75) is 25.8 Å². The molecule has 164 valence electrons. The summed E-state index contributed by atoms with van der Waals surface area (Å²) in [4.78, 5) is 44.7. The quantitative estimate of drug-likeness (QED) is 0.398. The van der Waals surface area contributed by atoms with Gasteiger partial charge in [-0.2, -0.15) is 0 Å². The summed E-state index contributed by atoms with van der Waals surface area (Å²) in [5, 5.41) is 7.22. The Morgan fingerprint density at radius 3 is 2.62 bits per heavy atom. The fraction of sp³-hybridized carbons (Fsp3) is 0.250. The number of rotatable bonds is 8. The first-order valence-corrected chi connectivity index (χ1v) is 10.6. The van der Waals surface area contributed by atoms with Crippen molar-refractivity contribution in [1.82, 2.24) is 25.2 Å². The van der Waals surface area contributed by atoms with E-state index in [9.17, 15) is 14.4 Å². The highest BCUT2D eigenvalue weighted by Gasteiger charge is 2.17. The lowest BCUT2D eigenvalue weighted by molar-refractivity contribution is -0.124. The van der Waals surface area contributed by atoms with Crippen molar-refractivity contribution in [3.63, 3.8) is 0 Å². The molecule has 0 aliphatic carbocycles. The van der Waals surface area contributed by atoms with Crippen LogP contribution in [-0.4, -0.2) is 39.4 Å². The van der Waals surface area contributed by atoms with Crippen LogP contribution in [-0.2, 0) is 16.0 Å². The number of aromatic amines is 1. The SMILES string of the molecule is CC(C(=O)NCCC(=O)NCCc1c[nH]c2ccccc12)n1cnc2ccccc2c1=O. The van der Waals surface area contributed by atoms with Crippen molar-refractivity contribution < 1.29 is 9.59 Å². The van der Waals surface area contributed by atoms with Gasteiger partial charge in [-0.1, -0.05) is 30.3 Å². The highest BCUT2D eigenvalue weighted by Crippen LogP contribution is 2.17. The monoisotopic (exact) mass is 431 g/mol. The second kappa shape index (κ2) is 9.47. The van der Waals surface area contributed by atoms with Crippen molar-refractivity contribution in [3.8, 4) is 0 Å². The normalized spacial score (nSPS) is 12.0. The van der Waals surface area contributed by atoms with Crippen molar-refractivity contribution >= 4 is 33.6 Å². The predicted molar refractivity (Wildman–Crippen MR) is 123 cm³/mol. The molecule has 0 aliphatic heterocycles. The van der Waals surface area contributed by atoms with Crippen LogP contribution in [0.3, 0.4) is 0 Å². The molecule has 4 rings (SSSR count). The smallest absolute Gasteiger partial charge is 0.261 e. The van der Waals surface area contributed by atoms with Crippen LogP contribution in [0.4, 0.5) is 0 Å². The molecule has 0 radical (unpaired) electrons. The van der Waals surface area contributed by atoms with Crippen LogP contribution < -0.4 is 16.2 Å². The first-order valence-electron chi connectivity index (χ1n) is 10.6. The van der Waals surface area contributed by atoms with Gasteiger partial charge in [0.15, 0.2) is 0 Å². The van der Waals surface area contributed by atoms with Gasteiger partial charge in [-0.3, -0.25) is 19.0 Å². The molecule has 0 saturated heterocycles. The Kier molecular flexibility index (Phi) is 6.30. The summed E-state index contributed by atoms with van der Waals surface area (Å²) in [6, 6.07) is 14.3. The molecule has 2 amide bonds. The number of carbonyl (C=O) groups is 2. The molecule has 0 saturated carbocycles. The molecule has 2 heterocycles. The van der Waals surface area contributed by atoms with Gasteiger partial charge in [0.2, 0.25) is 11.8 Å². The summed E-state index contributed by atoms with van der Waals surface area (Å²) >= 11 is 0. The average molecular weight is 431 g/mol. The van der Waals surface area contributed by atoms with Gasteiger partial charge in [-0.15, -0.1) is 0 Å². The van der Waals surface area contributed by atoms with Crippen molar-refractivity contribution in [2.24, 2.45) is 0 Å². The zero-order chi connectivity index (χ0) is 22.5. The number of H-pyrrole nitrogens is 1. The molecule has 2 aromatic heterocycles. The third-order valence-corrected chi connectivity index (χ3v) is 5.53. The predicted octanol–water partition coefficient (Wildman–Crippen LogP) is 2.30. The van der Waals surface area contributed by atoms with Gasteiger partial charge in [0, 0.05) is 36.6 Å². The Labute approximate surface area is 184 Å². The number of hydrogen-bond acceptors (Lipinski definition) is 4. The largest absolute Gasteiger partial charge is 0.361 e. The van der Waals surface area contributed by atoms with Crippen molar-refractivity contribution in [3.05, 3.63) is 77.0 Å². The Balaban J connectivity index is 1.24. The highest BCUT2D eigenvalue weighted by molar-refractivity contribution is 5.84. The van der Waals surface area contributed by atoms with E-state index in [0.717, 1.165) is 22.9 Å². The van der Waals surface area contributed by atoms with E-state index in [-0.39, 0.29) is 30.3 Å². The van der Waals surface area contributed by atoms with E-state index in [1.165, 1.54) is 10.9 Å². The molecule has 1 unspecified atom stereocenters. The number of para-hydroxylation sites is 2. The van der Waals surface area contributed by atoms with Gasteiger partial charge in [-0.05, 0) is 37.1 Å². The molecule has 8 nitrogen and oxygen atoms in total. The molecule has 4 aromatic rings. The topological polar surface area (TPSA) is 109 Å². The van der Waals surface area contributed by atoms with Gasteiger partial charge in [-0.25, -0.2) is 4.98 Å². The molecular formula is C24H25N5O3. The van der Waals surface area contributed by atoms with Gasteiger partial charge in [0.05, 0.1) is 17.2 Å². The number of aromatic nitrogens is 3. The van der Waals surface area contributed by atoms with Gasteiger partial charge < -0.3 is 15.6 Å². The third-order valence-electron chi connectivity index (χ3n) is 5.53. The maximum Gasteiger partial charge on any atom is 0.261 e. The van der Waals surface area contributed by atoms with Crippen LogP contribution in [0.1, 0.15) is 24.9 Å². The molecule has 0 spiro atoms. The zero-order valence-corrected chi connectivity index (χ0v) is 17.8. The van der Waals surface area contributed by atoms with Crippen LogP contribution in [0.25, 0.3) is 21.8 Å². The maximum atomic E-state index is 12.6. The van der Waals surface area contributed by atoms with Crippen LogP contribution in [0.2, 0.25) is 0 Å².